The summed E-state index contributed by atoms with van der Waals surface area (Å²) in [4.78, 5) is 2.49. The summed E-state index contributed by atoms with van der Waals surface area (Å²) in [7, 11) is 0. The van der Waals surface area contributed by atoms with Gasteiger partial charge < -0.3 is 10.0 Å². The predicted octanol–water partition coefficient (Wildman–Crippen LogP) is 6.11. The summed E-state index contributed by atoms with van der Waals surface area (Å²) in [5, 5.41) is 13.0. The van der Waals surface area contributed by atoms with Gasteiger partial charge >= 0.3 is 0 Å². The van der Waals surface area contributed by atoms with Gasteiger partial charge in [-0.25, -0.2) is 0 Å². The molecule has 0 bridgehead atoms. The van der Waals surface area contributed by atoms with E-state index in [0.717, 1.165) is 36.7 Å². The Hall–Kier alpha value is -3.26. The summed E-state index contributed by atoms with van der Waals surface area (Å²) in [6.07, 6.45) is 2.12. The van der Waals surface area contributed by atoms with Gasteiger partial charge in [0.25, 0.3) is 0 Å². The maximum absolute atomic E-state index is 10.8. The van der Waals surface area contributed by atoms with Crippen LogP contribution in [0.1, 0.15) is 24.0 Å². The number of piperidine rings is 1. The molecule has 1 spiro atoms. The molecule has 0 amide bonds. The molecule has 0 saturated carbocycles. The minimum absolute atomic E-state index is 0.0152. The molecule has 1 aliphatic carbocycles. The van der Waals surface area contributed by atoms with Gasteiger partial charge in [0.15, 0.2) is 0 Å². The number of fused-ring (bicyclic) bond motifs is 7. The molecule has 2 aliphatic rings. The van der Waals surface area contributed by atoms with Crippen LogP contribution in [0.4, 0.5) is 5.69 Å². The van der Waals surface area contributed by atoms with Gasteiger partial charge in [-0.3, -0.25) is 0 Å². The van der Waals surface area contributed by atoms with Crippen molar-refractivity contribution in [3.8, 4) is 16.9 Å². The zero-order valence-corrected chi connectivity index (χ0v) is 16.3. The van der Waals surface area contributed by atoms with E-state index in [1.54, 1.807) is 0 Å². The molecule has 0 aromatic heterocycles. The number of rotatable bonds is 1. The molecule has 1 saturated heterocycles. The van der Waals surface area contributed by atoms with E-state index >= 15 is 0 Å². The Kier molecular flexibility index (Phi) is 3.52. The first-order valence-electron chi connectivity index (χ1n) is 10.4. The first-order chi connectivity index (χ1) is 14.3. The number of phenols is 1. The molecule has 142 valence electrons. The Morgan fingerprint density at radius 2 is 1.34 bits per heavy atom. The lowest BCUT2D eigenvalue weighted by atomic mass is 9.70. The third kappa shape index (κ3) is 2.29. The number of para-hydroxylation sites is 1. The van der Waals surface area contributed by atoms with Crippen molar-refractivity contribution in [1.29, 1.82) is 0 Å². The number of benzene rings is 4. The van der Waals surface area contributed by atoms with Gasteiger partial charge in [-0.2, -0.15) is 0 Å². The monoisotopic (exact) mass is 377 g/mol. The third-order valence-corrected chi connectivity index (χ3v) is 6.99. The smallest absolute Gasteiger partial charge is 0.123 e. The normalized spacial score (nSPS) is 16.8. The van der Waals surface area contributed by atoms with Crippen molar-refractivity contribution in [2.75, 3.05) is 18.0 Å². The molecule has 4 aromatic rings. The average molecular weight is 377 g/mol. The van der Waals surface area contributed by atoms with Crippen LogP contribution in [0.25, 0.3) is 21.9 Å². The number of anilines is 1. The molecule has 0 atom stereocenters. The zero-order valence-electron chi connectivity index (χ0n) is 16.3. The van der Waals surface area contributed by atoms with Crippen LogP contribution >= 0.6 is 0 Å². The molecule has 4 aromatic carbocycles. The summed E-state index contributed by atoms with van der Waals surface area (Å²) in [6.45, 7) is 2.04. The largest absolute Gasteiger partial charge is 0.507 e. The van der Waals surface area contributed by atoms with Crippen molar-refractivity contribution < 1.29 is 5.11 Å². The fraction of sp³-hybridized carbons (Fsp3) is 0.185. The summed E-state index contributed by atoms with van der Waals surface area (Å²) >= 11 is 0. The fourth-order valence-corrected chi connectivity index (χ4v) is 5.61. The lowest BCUT2D eigenvalue weighted by molar-refractivity contribution is 0.398. The number of aromatic hydroxyl groups is 1. The van der Waals surface area contributed by atoms with Crippen molar-refractivity contribution in [1.82, 2.24) is 0 Å². The van der Waals surface area contributed by atoms with Crippen molar-refractivity contribution in [3.05, 3.63) is 96.1 Å². The van der Waals surface area contributed by atoms with Crippen LogP contribution in [0, 0.1) is 0 Å². The van der Waals surface area contributed by atoms with Gasteiger partial charge in [-0.1, -0.05) is 66.7 Å². The molecule has 0 unspecified atom stereocenters. The van der Waals surface area contributed by atoms with Crippen LogP contribution in [-0.4, -0.2) is 18.2 Å². The minimum atomic E-state index is -0.0152. The summed E-state index contributed by atoms with van der Waals surface area (Å²) in [6, 6.07) is 29.9. The van der Waals surface area contributed by atoms with Crippen LogP contribution < -0.4 is 4.90 Å². The topological polar surface area (TPSA) is 23.5 Å². The SMILES string of the molecule is Oc1cc2c(c3ccccc13)-c1ccccc1C21CCN(c2ccccc2)CC1. The highest BCUT2D eigenvalue weighted by Gasteiger charge is 2.46. The standard InChI is InChI=1S/C27H23NO/c29-25-18-24-26(21-11-5-4-10-20(21)25)22-12-6-7-13-23(22)27(24)14-16-28(17-15-27)19-8-2-1-3-9-19/h1-13,18,29H,14-17H2. The maximum atomic E-state index is 10.8. The molecular weight excluding hydrogens is 354 g/mol. The van der Waals surface area contributed by atoms with Gasteiger partial charge in [0, 0.05) is 29.6 Å². The number of hydrogen-bond acceptors (Lipinski definition) is 2. The third-order valence-electron chi connectivity index (χ3n) is 6.99. The number of hydrogen-bond donors (Lipinski definition) is 1. The van der Waals surface area contributed by atoms with Crippen LogP contribution in [0.5, 0.6) is 5.75 Å². The van der Waals surface area contributed by atoms with E-state index in [1.165, 1.54) is 27.9 Å². The second-order valence-corrected chi connectivity index (χ2v) is 8.31. The van der Waals surface area contributed by atoms with E-state index in [0.29, 0.717) is 5.75 Å². The first-order valence-corrected chi connectivity index (χ1v) is 10.4. The average Bonchev–Trinajstić information content (AvgIpc) is 3.05. The Bertz CT molecular complexity index is 1220. The van der Waals surface area contributed by atoms with Gasteiger partial charge in [0.05, 0.1) is 0 Å². The van der Waals surface area contributed by atoms with Gasteiger partial charge in [-0.05, 0) is 58.7 Å². The summed E-state index contributed by atoms with van der Waals surface area (Å²) < 4.78 is 0. The number of phenolic OH excluding ortho intramolecular Hbond substituents is 1. The Labute approximate surface area is 171 Å². The van der Waals surface area contributed by atoms with Crippen molar-refractivity contribution in [2.24, 2.45) is 0 Å². The van der Waals surface area contributed by atoms with Crippen LogP contribution in [-0.2, 0) is 5.41 Å². The van der Waals surface area contributed by atoms with Crippen molar-refractivity contribution in [3.63, 3.8) is 0 Å². The molecular formula is C27H23NO. The van der Waals surface area contributed by atoms with Gasteiger partial charge in [0.2, 0.25) is 0 Å². The molecule has 1 heterocycles. The first kappa shape index (κ1) is 16.7. The van der Waals surface area contributed by atoms with E-state index in [9.17, 15) is 5.11 Å². The van der Waals surface area contributed by atoms with Crippen LogP contribution in [0.15, 0.2) is 84.9 Å². The zero-order chi connectivity index (χ0) is 19.4. The summed E-state index contributed by atoms with van der Waals surface area (Å²) in [5.41, 5.74) is 6.68. The second-order valence-electron chi connectivity index (χ2n) is 8.31. The fourth-order valence-electron chi connectivity index (χ4n) is 5.61. The molecule has 2 nitrogen and oxygen atoms in total. The van der Waals surface area contributed by atoms with E-state index in [1.807, 2.05) is 12.1 Å². The van der Waals surface area contributed by atoms with Gasteiger partial charge in [0.1, 0.15) is 5.75 Å². The highest BCUT2D eigenvalue weighted by Crippen LogP contribution is 2.57. The predicted molar refractivity (Wildman–Crippen MR) is 120 cm³/mol. The minimum Gasteiger partial charge on any atom is -0.507 e. The van der Waals surface area contributed by atoms with Crippen LogP contribution in [0.3, 0.4) is 0 Å². The van der Waals surface area contributed by atoms with E-state index in [2.05, 4.69) is 77.7 Å². The van der Waals surface area contributed by atoms with E-state index in [-0.39, 0.29) is 5.41 Å². The Balaban J connectivity index is 1.52. The molecule has 1 N–H and O–H groups in total. The van der Waals surface area contributed by atoms with Crippen molar-refractivity contribution in [2.45, 2.75) is 18.3 Å². The van der Waals surface area contributed by atoms with Crippen molar-refractivity contribution >= 4 is 16.5 Å². The lowest BCUT2D eigenvalue weighted by Gasteiger charge is -2.42. The Morgan fingerprint density at radius 1 is 0.690 bits per heavy atom. The van der Waals surface area contributed by atoms with Gasteiger partial charge in [-0.15, -0.1) is 0 Å². The molecule has 1 fully saturated rings. The van der Waals surface area contributed by atoms with E-state index in [4.69, 9.17) is 0 Å². The van der Waals surface area contributed by atoms with E-state index < -0.39 is 0 Å². The summed E-state index contributed by atoms with van der Waals surface area (Å²) in [5.74, 6) is 0.400. The highest BCUT2D eigenvalue weighted by atomic mass is 16.3. The molecule has 0 radical (unpaired) electrons. The highest BCUT2D eigenvalue weighted by molar-refractivity contribution is 6.05. The number of nitrogens with zero attached hydrogens (tertiary/aromatic N) is 1. The van der Waals surface area contributed by atoms with Crippen LogP contribution in [0.2, 0.25) is 0 Å². The molecule has 1 aliphatic heterocycles. The molecule has 29 heavy (non-hydrogen) atoms. The second kappa shape index (κ2) is 6.12. The maximum Gasteiger partial charge on any atom is 0.123 e. The lowest BCUT2D eigenvalue weighted by Crippen LogP contribution is -2.42. The molecule has 2 heteroatoms. The quantitative estimate of drug-likeness (QED) is 0.432. The molecule has 6 rings (SSSR count). The Morgan fingerprint density at radius 3 is 2.14 bits per heavy atom.